The summed E-state index contributed by atoms with van der Waals surface area (Å²) in [5.74, 6) is -0.822. The van der Waals surface area contributed by atoms with Crippen molar-refractivity contribution in [2.24, 2.45) is 0 Å². The molecule has 0 amide bonds. The summed E-state index contributed by atoms with van der Waals surface area (Å²) >= 11 is 5.52. The van der Waals surface area contributed by atoms with E-state index in [9.17, 15) is 4.79 Å². The Hall–Kier alpha value is -1.29. The molecule has 13 heavy (non-hydrogen) atoms. The highest BCUT2D eigenvalue weighted by Gasteiger charge is 2.09. The summed E-state index contributed by atoms with van der Waals surface area (Å²) in [6, 6.07) is 2.53. The van der Waals surface area contributed by atoms with Crippen LogP contribution in [0.5, 0.6) is 5.88 Å². The Morgan fingerprint density at radius 3 is 2.92 bits per heavy atom. The van der Waals surface area contributed by atoms with Crippen molar-refractivity contribution in [3.05, 3.63) is 22.8 Å². The number of hydrogen-bond acceptors (Lipinski definition) is 4. The SMILES string of the molecule is CCOC(=O)c1cc(O)nc(Cl)c1. The average Bonchev–Trinajstić information content (AvgIpc) is 2.03. The quantitative estimate of drug-likeness (QED) is 0.584. The van der Waals surface area contributed by atoms with Gasteiger partial charge in [-0.25, -0.2) is 9.78 Å². The van der Waals surface area contributed by atoms with Crippen LogP contribution >= 0.6 is 11.6 Å². The van der Waals surface area contributed by atoms with Gasteiger partial charge >= 0.3 is 5.97 Å². The molecule has 0 unspecified atom stereocenters. The Morgan fingerprint density at radius 1 is 1.69 bits per heavy atom. The van der Waals surface area contributed by atoms with Crippen LogP contribution in [0.4, 0.5) is 0 Å². The molecule has 0 aliphatic carbocycles. The summed E-state index contributed by atoms with van der Waals surface area (Å²) in [6.45, 7) is 1.97. The second kappa shape index (κ2) is 4.09. The highest BCUT2D eigenvalue weighted by atomic mass is 35.5. The fourth-order valence-electron chi connectivity index (χ4n) is 0.815. The van der Waals surface area contributed by atoms with Crippen molar-refractivity contribution in [1.29, 1.82) is 0 Å². The van der Waals surface area contributed by atoms with Gasteiger partial charge in [-0.05, 0) is 13.0 Å². The first-order valence-electron chi connectivity index (χ1n) is 3.67. The third-order valence-corrected chi connectivity index (χ3v) is 1.49. The number of hydrogen-bond donors (Lipinski definition) is 1. The molecule has 1 heterocycles. The summed E-state index contributed by atoms with van der Waals surface area (Å²) in [5.41, 5.74) is 0.194. The lowest BCUT2D eigenvalue weighted by Crippen LogP contribution is -2.04. The molecule has 1 aromatic rings. The van der Waals surface area contributed by atoms with Gasteiger partial charge in [-0.2, -0.15) is 0 Å². The van der Waals surface area contributed by atoms with Gasteiger partial charge in [0.25, 0.3) is 0 Å². The van der Waals surface area contributed by atoms with Gasteiger partial charge in [-0.15, -0.1) is 0 Å². The molecule has 5 heteroatoms. The number of pyridine rings is 1. The predicted molar refractivity (Wildman–Crippen MR) is 46.9 cm³/mol. The Kier molecular flexibility index (Phi) is 3.08. The van der Waals surface area contributed by atoms with Gasteiger partial charge in [-0.1, -0.05) is 11.6 Å². The summed E-state index contributed by atoms with van der Waals surface area (Å²) in [6.07, 6.45) is 0. The van der Waals surface area contributed by atoms with Gasteiger partial charge in [0.05, 0.1) is 12.2 Å². The van der Waals surface area contributed by atoms with E-state index in [1.165, 1.54) is 12.1 Å². The van der Waals surface area contributed by atoms with Crippen LogP contribution in [0.3, 0.4) is 0 Å². The molecule has 70 valence electrons. The van der Waals surface area contributed by atoms with Crippen LogP contribution in [0, 0.1) is 0 Å². The molecule has 0 bridgehead atoms. The Labute approximate surface area is 80.1 Å². The van der Waals surface area contributed by atoms with E-state index in [0.29, 0.717) is 0 Å². The minimum atomic E-state index is -0.526. The molecular weight excluding hydrogens is 194 g/mol. The fraction of sp³-hybridized carbons (Fsp3) is 0.250. The van der Waals surface area contributed by atoms with E-state index in [1.54, 1.807) is 6.92 Å². The number of rotatable bonds is 2. The fourth-order valence-corrected chi connectivity index (χ4v) is 1.02. The van der Waals surface area contributed by atoms with Crippen molar-refractivity contribution in [2.75, 3.05) is 6.61 Å². The van der Waals surface area contributed by atoms with Gasteiger partial charge in [-0.3, -0.25) is 0 Å². The third kappa shape index (κ3) is 2.59. The second-order valence-electron chi connectivity index (χ2n) is 2.26. The summed E-state index contributed by atoms with van der Waals surface area (Å²) in [7, 11) is 0. The van der Waals surface area contributed by atoms with Crippen molar-refractivity contribution in [3.8, 4) is 5.88 Å². The van der Waals surface area contributed by atoms with Crippen molar-refractivity contribution >= 4 is 17.6 Å². The zero-order chi connectivity index (χ0) is 9.84. The van der Waals surface area contributed by atoms with Crippen LogP contribution in [0.1, 0.15) is 17.3 Å². The number of aromatic nitrogens is 1. The largest absolute Gasteiger partial charge is 0.493 e. The molecule has 0 spiro atoms. The number of halogens is 1. The van der Waals surface area contributed by atoms with E-state index < -0.39 is 5.97 Å². The van der Waals surface area contributed by atoms with E-state index >= 15 is 0 Å². The number of esters is 1. The van der Waals surface area contributed by atoms with Crippen molar-refractivity contribution in [1.82, 2.24) is 4.98 Å². The first-order valence-corrected chi connectivity index (χ1v) is 4.05. The molecule has 0 radical (unpaired) electrons. The monoisotopic (exact) mass is 201 g/mol. The van der Waals surface area contributed by atoms with E-state index in [2.05, 4.69) is 4.98 Å². The van der Waals surface area contributed by atoms with Crippen molar-refractivity contribution in [3.63, 3.8) is 0 Å². The molecule has 0 atom stereocenters. The minimum absolute atomic E-state index is 0.0584. The lowest BCUT2D eigenvalue weighted by molar-refractivity contribution is 0.0525. The van der Waals surface area contributed by atoms with Crippen LogP contribution in [0.2, 0.25) is 5.15 Å². The number of aromatic hydroxyl groups is 1. The van der Waals surface area contributed by atoms with Gasteiger partial charge in [0, 0.05) is 6.07 Å². The smallest absolute Gasteiger partial charge is 0.338 e. The standard InChI is InChI=1S/C8H8ClNO3/c1-2-13-8(12)5-3-6(9)10-7(11)4-5/h3-4H,2H2,1H3,(H,10,11). The van der Waals surface area contributed by atoms with E-state index in [-0.39, 0.29) is 23.2 Å². The molecule has 4 nitrogen and oxygen atoms in total. The molecule has 1 N–H and O–H groups in total. The van der Waals surface area contributed by atoms with Crippen molar-refractivity contribution in [2.45, 2.75) is 6.92 Å². The maximum atomic E-state index is 11.1. The summed E-state index contributed by atoms with van der Waals surface area (Å²) < 4.78 is 4.70. The van der Waals surface area contributed by atoms with Gasteiger partial charge in [0.2, 0.25) is 5.88 Å². The van der Waals surface area contributed by atoms with Crippen LogP contribution in [0.15, 0.2) is 12.1 Å². The first-order chi connectivity index (χ1) is 6.13. The molecule has 0 fully saturated rings. The average molecular weight is 202 g/mol. The van der Waals surface area contributed by atoms with E-state index in [0.717, 1.165) is 0 Å². The highest BCUT2D eigenvalue weighted by molar-refractivity contribution is 6.29. The predicted octanol–water partition coefficient (Wildman–Crippen LogP) is 1.62. The molecule has 0 saturated heterocycles. The summed E-state index contributed by atoms with van der Waals surface area (Å²) in [4.78, 5) is 14.6. The minimum Gasteiger partial charge on any atom is -0.493 e. The summed E-state index contributed by atoms with van der Waals surface area (Å²) in [5, 5.41) is 9.07. The lowest BCUT2D eigenvalue weighted by atomic mass is 10.3. The Morgan fingerprint density at radius 2 is 2.38 bits per heavy atom. The highest BCUT2D eigenvalue weighted by Crippen LogP contribution is 2.15. The Balaban J connectivity index is 2.94. The normalized spacial score (nSPS) is 9.69. The van der Waals surface area contributed by atoms with E-state index in [4.69, 9.17) is 21.4 Å². The lowest BCUT2D eigenvalue weighted by Gasteiger charge is -2.01. The van der Waals surface area contributed by atoms with Crippen LogP contribution in [-0.4, -0.2) is 22.7 Å². The maximum absolute atomic E-state index is 11.1. The molecule has 0 saturated carbocycles. The zero-order valence-electron chi connectivity index (χ0n) is 6.95. The van der Waals surface area contributed by atoms with Crippen LogP contribution < -0.4 is 0 Å². The topological polar surface area (TPSA) is 59.4 Å². The van der Waals surface area contributed by atoms with Gasteiger partial charge < -0.3 is 9.84 Å². The Bertz CT molecular complexity index is 307. The van der Waals surface area contributed by atoms with Gasteiger partial charge in [0.15, 0.2) is 0 Å². The molecule has 1 aromatic heterocycles. The van der Waals surface area contributed by atoms with Crippen LogP contribution in [-0.2, 0) is 4.74 Å². The number of nitrogens with zero attached hydrogens (tertiary/aromatic N) is 1. The molecular formula is C8H8ClNO3. The number of ether oxygens (including phenoxy) is 1. The molecule has 0 aromatic carbocycles. The molecule has 0 aliphatic rings. The second-order valence-corrected chi connectivity index (χ2v) is 2.64. The van der Waals surface area contributed by atoms with E-state index in [1.807, 2.05) is 0 Å². The maximum Gasteiger partial charge on any atom is 0.338 e. The first kappa shape index (κ1) is 9.80. The molecule has 0 aliphatic heterocycles. The number of carbonyl (C=O) groups is 1. The number of carbonyl (C=O) groups excluding carboxylic acids is 1. The van der Waals surface area contributed by atoms with Crippen molar-refractivity contribution < 1.29 is 14.6 Å². The zero-order valence-corrected chi connectivity index (χ0v) is 7.71. The molecule has 1 rings (SSSR count). The third-order valence-electron chi connectivity index (χ3n) is 1.29. The van der Waals surface area contributed by atoms with Gasteiger partial charge in [0.1, 0.15) is 5.15 Å². The van der Waals surface area contributed by atoms with Crippen LogP contribution in [0.25, 0.3) is 0 Å².